The first-order valence-corrected chi connectivity index (χ1v) is 6.71. The second-order valence-electron chi connectivity index (χ2n) is 4.98. The first kappa shape index (κ1) is 14.9. The predicted molar refractivity (Wildman–Crippen MR) is 72.5 cm³/mol. The first-order valence-electron chi connectivity index (χ1n) is 6.71. The predicted octanol–water partition coefficient (Wildman–Crippen LogP) is 0.990. The highest BCUT2D eigenvalue weighted by atomic mass is 19.1. The number of carbonyl (C=O) groups is 1. The Morgan fingerprint density at radius 3 is 2.50 bits per heavy atom. The Bertz CT molecular complexity index is 499. The molecule has 2 rings (SSSR count). The molecule has 1 saturated heterocycles. The fourth-order valence-corrected chi connectivity index (χ4v) is 2.37. The van der Waals surface area contributed by atoms with Crippen molar-refractivity contribution >= 4 is 5.91 Å². The number of hydrogen-bond donors (Lipinski definition) is 1. The molecule has 0 bridgehead atoms. The van der Waals surface area contributed by atoms with Gasteiger partial charge in [-0.15, -0.1) is 0 Å². The molecule has 0 spiro atoms. The molecule has 0 radical (unpaired) electrons. The van der Waals surface area contributed by atoms with Gasteiger partial charge in [-0.2, -0.15) is 0 Å². The van der Waals surface area contributed by atoms with Gasteiger partial charge in [0, 0.05) is 39.3 Å². The summed E-state index contributed by atoms with van der Waals surface area (Å²) in [6.07, 6.45) is 0. The first-order chi connectivity index (χ1) is 9.54. The smallest absolute Gasteiger partial charge is 0.259 e. The van der Waals surface area contributed by atoms with Gasteiger partial charge in [0.25, 0.3) is 5.91 Å². The van der Waals surface area contributed by atoms with Gasteiger partial charge in [0.15, 0.2) is 0 Å². The second kappa shape index (κ2) is 6.28. The molecule has 1 aromatic rings. The Hall–Kier alpha value is -1.53. The van der Waals surface area contributed by atoms with Crippen molar-refractivity contribution in [2.45, 2.75) is 6.92 Å². The molecule has 6 heteroatoms. The molecule has 1 heterocycles. The number of nitrogens with zero attached hydrogens (tertiary/aromatic N) is 2. The number of halogens is 2. The number of benzene rings is 1. The lowest BCUT2D eigenvalue weighted by molar-refractivity contribution is 0.0631. The summed E-state index contributed by atoms with van der Waals surface area (Å²) in [6, 6.07) is 2.47. The molecule has 0 aliphatic carbocycles. The molecule has 0 aromatic heterocycles. The van der Waals surface area contributed by atoms with E-state index in [9.17, 15) is 13.6 Å². The Balaban J connectivity index is 2.12. The van der Waals surface area contributed by atoms with Crippen LogP contribution in [0.5, 0.6) is 0 Å². The fraction of sp³-hybridized carbons (Fsp3) is 0.500. The minimum atomic E-state index is -0.803. The van der Waals surface area contributed by atoms with Crippen molar-refractivity contribution in [2.75, 3.05) is 39.3 Å². The number of hydrogen-bond acceptors (Lipinski definition) is 3. The Morgan fingerprint density at radius 2 is 1.90 bits per heavy atom. The molecule has 1 aliphatic heterocycles. The Kier molecular flexibility index (Phi) is 4.67. The zero-order valence-corrected chi connectivity index (χ0v) is 11.5. The van der Waals surface area contributed by atoms with Crippen LogP contribution in [0.25, 0.3) is 0 Å². The number of nitrogens with two attached hydrogens (primary N) is 1. The topological polar surface area (TPSA) is 49.6 Å². The van der Waals surface area contributed by atoms with Crippen LogP contribution < -0.4 is 5.73 Å². The minimum Gasteiger partial charge on any atom is -0.336 e. The van der Waals surface area contributed by atoms with Crippen LogP contribution in [0.3, 0.4) is 0 Å². The highest BCUT2D eigenvalue weighted by molar-refractivity contribution is 5.95. The number of carbonyl (C=O) groups excluding carboxylic acids is 1. The van der Waals surface area contributed by atoms with Crippen LogP contribution in [-0.2, 0) is 0 Å². The molecule has 1 aliphatic rings. The number of aryl methyl sites for hydroxylation is 1. The summed E-state index contributed by atoms with van der Waals surface area (Å²) >= 11 is 0. The molecule has 0 unspecified atom stereocenters. The Morgan fingerprint density at radius 1 is 1.25 bits per heavy atom. The second-order valence-corrected chi connectivity index (χ2v) is 4.98. The van der Waals surface area contributed by atoms with Crippen molar-refractivity contribution in [3.8, 4) is 0 Å². The highest BCUT2D eigenvalue weighted by Gasteiger charge is 2.27. The molecule has 1 aromatic carbocycles. The van der Waals surface area contributed by atoms with E-state index in [-0.39, 0.29) is 5.56 Å². The molecule has 0 saturated carbocycles. The van der Waals surface area contributed by atoms with Crippen LogP contribution in [0.15, 0.2) is 12.1 Å². The van der Waals surface area contributed by atoms with E-state index in [2.05, 4.69) is 4.90 Å². The molecule has 4 nitrogen and oxygen atoms in total. The molecular weight excluding hydrogens is 264 g/mol. The van der Waals surface area contributed by atoms with Gasteiger partial charge in [0.1, 0.15) is 17.2 Å². The van der Waals surface area contributed by atoms with Crippen molar-refractivity contribution in [2.24, 2.45) is 5.73 Å². The van der Waals surface area contributed by atoms with Gasteiger partial charge in [0.2, 0.25) is 0 Å². The molecule has 110 valence electrons. The maximum Gasteiger partial charge on any atom is 0.259 e. The van der Waals surface area contributed by atoms with E-state index >= 15 is 0 Å². The van der Waals surface area contributed by atoms with E-state index in [1.165, 1.54) is 17.9 Å². The van der Waals surface area contributed by atoms with Crippen LogP contribution >= 0.6 is 0 Å². The third-order valence-corrected chi connectivity index (χ3v) is 3.60. The third kappa shape index (κ3) is 2.96. The molecule has 2 N–H and O–H groups in total. The number of rotatable bonds is 3. The largest absolute Gasteiger partial charge is 0.336 e. The van der Waals surface area contributed by atoms with Crippen molar-refractivity contribution in [3.05, 3.63) is 34.9 Å². The maximum absolute atomic E-state index is 14.0. The van der Waals surface area contributed by atoms with Crippen molar-refractivity contribution in [3.63, 3.8) is 0 Å². The van der Waals surface area contributed by atoms with Gasteiger partial charge in [-0.05, 0) is 18.6 Å². The molecule has 1 fully saturated rings. The monoisotopic (exact) mass is 283 g/mol. The summed E-state index contributed by atoms with van der Waals surface area (Å²) < 4.78 is 27.7. The van der Waals surface area contributed by atoms with Crippen LogP contribution in [0.1, 0.15) is 15.9 Å². The van der Waals surface area contributed by atoms with Gasteiger partial charge < -0.3 is 10.6 Å². The molecule has 20 heavy (non-hydrogen) atoms. The van der Waals surface area contributed by atoms with Crippen LogP contribution in [0.4, 0.5) is 8.78 Å². The maximum atomic E-state index is 14.0. The van der Waals surface area contributed by atoms with E-state index in [0.29, 0.717) is 32.7 Å². The zero-order valence-electron chi connectivity index (χ0n) is 11.5. The normalized spacial score (nSPS) is 16.5. The van der Waals surface area contributed by atoms with Crippen LogP contribution in [0.2, 0.25) is 0 Å². The zero-order chi connectivity index (χ0) is 14.7. The Labute approximate surface area is 117 Å². The summed E-state index contributed by atoms with van der Waals surface area (Å²) in [5.41, 5.74) is 5.31. The van der Waals surface area contributed by atoms with E-state index in [1.54, 1.807) is 0 Å². The van der Waals surface area contributed by atoms with Crippen molar-refractivity contribution in [1.29, 1.82) is 0 Å². The molecule has 1 amide bonds. The quantitative estimate of drug-likeness (QED) is 0.900. The van der Waals surface area contributed by atoms with Gasteiger partial charge in [-0.25, -0.2) is 8.78 Å². The minimum absolute atomic E-state index is 0.275. The molecular formula is C14H19F2N3O. The summed E-state index contributed by atoms with van der Waals surface area (Å²) in [7, 11) is 0. The average Bonchev–Trinajstić information content (AvgIpc) is 2.44. The highest BCUT2D eigenvalue weighted by Crippen LogP contribution is 2.19. The van der Waals surface area contributed by atoms with Crippen molar-refractivity contribution < 1.29 is 13.6 Å². The lowest BCUT2D eigenvalue weighted by Crippen LogP contribution is -2.50. The van der Waals surface area contributed by atoms with E-state index < -0.39 is 23.1 Å². The summed E-state index contributed by atoms with van der Waals surface area (Å²) in [5, 5.41) is 0. The number of piperazine rings is 1. The van der Waals surface area contributed by atoms with Crippen LogP contribution in [-0.4, -0.2) is 55.0 Å². The van der Waals surface area contributed by atoms with Gasteiger partial charge in [-0.1, -0.05) is 6.07 Å². The summed E-state index contributed by atoms with van der Waals surface area (Å²) in [6.45, 7) is 5.14. The number of amides is 1. The van der Waals surface area contributed by atoms with Gasteiger partial charge in [-0.3, -0.25) is 9.69 Å². The third-order valence-electron chi connectivity index (χ3n) is 3.60. The summed E-state index contributed by atoms with van der Waals surface area (Å²) in [4.78, 5) is 15.9. The standard InChI is InChI=1S/C14H19F2N3O/c1-10-2-3-11(15)12(13(10)16)14(20)19-8-6-18(5-4-17)7-9-19/h2-3H,4-9,17H2,1H3. The lowest BCUT2D eigenvalue weighted by atomic mass is 10.1. The van der Waals surface area contributed by atoms with E-state index in [1.807, 2.05) is 0 Å². The van der Waals surface area contributed by atoms with Gasteiger partial charge in [0.05, 0.1) is 0 Å². The molecule has 0 atom stereocenters. The van der Waals surface area contributed by atoms with E-state index in [0.717, 1.165) is 12.6 Å². The van der Waals surface area contributed by atoms with Crippen molar-refractivity contribution in [1.82, 2.24) is 9.80 Å². The fourth-order valence-electron chi connectivity index (χ4n) is 2.37. The lowest BCUT2D eigenvalue weighted by Gasteiger charge is -2.34. The van der Waals surface area contributed by atoms with Gasteiger partial charge >= 0.3 is 0 Å². The average molecular weight is 283 g/mol. The SMILES string of the molecule is Cc1ccc(F)c(C(=O)N2CCN(CCN)CC2)c1F. The van der Waals surface area contributed by atoms with E-state index in [4.69, 9.17) is 5.73 Å². The van der Waals surface area contributed by atoms with Crippen LogP contribution in [0, 0.1) is 18.6 Å². The summed E-state index contributed by atoms with van der Waals surface area (Å²) in [5.74, 6) is -2.14.